The Balaban J connectivity index is 1.66. The largest absolute Gasteiger partial charge is 0.322 e. The molecule has 1 heterocycles. The number of aryl methyl sites for hydroxylation is 2. The average Bonchev–Trinajstić information content (AvgIpc) is 2.94. The summed E-state index contributed by atoms with van der Waals surface area (Å²) in [6.07, 6.45) is 1.36. The standard InChI is InChI=1S/C33H34N4O2/c1-5-20-36(33(39)35-27-17-11-13-24-12-7-8-14-25(24)27)29(6-2)31-34-28-16-10-9-15-26(28)32(38)37(31)30-19-18-22(3)21-23(30)4/h7-19,21,29H,5-6,20H2,1-4H3,(H,35,39). The van der Waals surface area contributed by atoms with E-state index in [0.717, 1.165) is 39.7 Å². The van der Waals surface area contributed by atoms with Gasteiger partial charge in [-0.3, -0.25) is 9.36 Å². The quantitative estimate of drug-likeness (QED) is 0.242. The number of para-hydroxylation sites is 1. The summed E-state index contributed by atoms with van der Waals surface area (Å²) >= 11 is 0. The normalized spacial score (nSPS) is 12.0. The first-order valence-corrected chi connectivity index (χ1v) is 13.6. The molecule has 0 aliphatic heterocycles. The molecule has 0 bridgehead atoms. The summed E-state index contributed by atoms with van der Waals surface area (Å²) in [6.45, 7) is 8.65. The van der Waals surface area contributed by atoms with Crippen LogP contribution >= 0.6 is 0 Å². The number of benzene rings is 4. The molecular formula is C33H34N4O2. The van der Waals surface area contributed by atoms with Crippen molar-refractivity contribution in [3.05, 3.63) is 112 Å². The third-order valence-electron chi connectivity index (χ3n) is 7.21. The van der Waals surface area contributed by atoms with Crippen LogP contribution < -0.4 is 10.9 Å². The second-order valence-electron chi connectivity index (χ2n) is 9.99. The number of nitrogens with one attached hydrogen (secondary N) is 1. The number of anilines is 1. The van der Waals surface area contributed by atoms with Gasteiger partial charge in [0.15, 0.2) is 0 Å². The molecule has 5 rings (SSSR count). The first-order valence-electron chi connectivity index (χ1n) is 13.6. The molecule has 2 amide bonds. The molecule has 1 atom stereocenters. The molecule has 5 aromatic rings. The highest BCUT2D eigenvalue weighted by molar-refractivity contribution is 6.01. The van der Waals surface area contributed by atoms with Gasteiger partial charge in [-0.25, -0.2) is 9.78 Å². The molecule has 6 nitrogen and oxygen atoms in total. The Bertz CT molecular complexity index is 1720. The van der Waals surface area contributed by atoms with E-state index >= 15 is 0 Å². The second-order valence-corrected chi connectivity index (χ2v) is 9.99. The first kappa shape index (κ1) is 26.2. The molecule has 1 unspecified atom stereocenters. The van der Waals surface area contributed by atoms with Crippen molar-refractivity contribution in [2.75, 3.05) is 11.9 Å². The molecule has 39 heavy (non-hydrogen) atoms. The molecule has 0 aliphatic carbocycles. The van der Waals surface area contributed by atoms with Gasteiger partial charge in [0.2, 0.25) is 0 Å². The predicted octanol–water partition coefficient (Wildman–Crippen LogP) is 7.55. The van der Waals surface area contributed by atoms with E-state index in [2.05, 4.69) is 18.3 Å². The summed E-state index contributed by atoms with van der Waals surface area (Å²) in [5.41, 5.74) is 4.13. The number of hydrogen-bond acceptors (Lipinski definition) is 3. The summed E-state index contributed by atoms with van der Waals surface area (Å²) in [4.78, 5) is 34.8. The summed E-state index contributed by atoms with van der Waals surface area (Å²) < 4.78 is 1.71. The number of carbonyl (C=O) groups is 1. The summed E-state index contributed by atoms with van der Waals surface area (Å²) in [6, 6.07) is 26.7. The van der Waals surface area contributed by atoms with Crippen LogP contribution in [0.1, 0.15) is 49.7 Å². The zero-order chi connectivity index (χ0) is 27.5. The SMILES string of the molecule is CCCN(C(=O)Nc1cccc2ccccc12)C(CC)c1nc2ccccc2c(=O)n1-c1ccc(C)cc1C. The fourth-order valence-electron chi connectivity index (χ4n) is 5.37. The smallest absolute Gasteiger partial charge is 0.314 e. The van der Waals surface area contributed by atoms with Crippen molar-refractivity contribution in [1.82, 2.24) is 14.5 Å². The Morgan fingerprint density at radius 1 is 0.923 bits per heavy atom. The van der Waals surface area contributed by atoms with Gasteiger partial charge in [-0.1, -0.05) is 80.1 Å². The fourth-order valence-corrected chi connectivity index (χ4v) is 5.37. The van der Waals surface area contributed by atoms with E-state index in [9.17, 15) is 9.59 Å². The lowest BCUT2D eigenvalue weighted by molar-refractivity contribution is 0.181. The van der Waals surface area contributed by atoms with E-state index in [0.29, 0.717) is 29.7 Å². The number of nitrogens with zero attached hydrogens (tertiary/aromatic N) is 3. The summed E-state index contributed by atoms with van der Waals surface area (Å²) in [5, 5.41) is 5.75. The van der Waals surface area contributed by atoms with Gasteiger partial charge in [0.1, 0.15) is 5.82 Å². The number of carbonyl (C=O) groups excluding carboxylic acids is 1. The van der Waals surface area contributed by atoms with E-state index in [1.807, 2.05) is 105 Å². The van der Waals surface area contributed by atoms with Crippen molar-refractivity contribution < 1.29 is 4.79 Å². The monoisotopic (exact) mass is 518 g/mol. The van der Waals surface area contributed by atoms with Gasteiger partial charge in [0.25, 0.3) is 5.56 Å². The average molecular weight is 519 g/mol. The Labute approximate surface area is 228 Å². The molecule has 0 saturated heterocycles. The Kier molecular flexibility index (Phi) is 7.46. The van der Waals surface area contributed by atoms with Crippen molar-refractivity contribution >= 4 is 33.4 Å². The number of amides is 2. The van der Waals surface area contributed by atoms with E-state index in [-0.39, 0.29) is 11.6 Å². The van der Waals surface area contributed by atoms with Gasteiger partial charge in [0, 0.05) is 11.9 Å². The highest BCUT2D eigenvalue weighted by atomic mass is 16.2. The zero-order valence-electron chi connectivity index (χ0n) is 22.9. The maximum Gasteiger partial charge on any atom is 0.322 e. The topological polar surface area (TPSA) is 67.2 Å². The third kappa shape index (κ3) is 5.02. The highest BCUT2D eigenvalue weighted by Crippen LogP contribution is 2.29. The maximum atomic E-state index is 14.0. The number of hydrogen-bond donors (Lipinski definition) is 1. The van der Waals surface area contributed by atoms with Gasteiger partial charge in [-0.15, -0.1) is 0 Å². The van der Waals surface area contributed by atoms with Crippen molar-refractivity contribution in [2.45, 2.75) is 46.6 Å². The lowest BCUT2D eigenvalue weighted by Crippen LogP contribution is -2.41. The predicted molar refractivity (Wildman–Crippen MR) is 160 cm³/mol. The Hall–Kier alpha value is -4.45. The second kappa shape index (κ2) is 11.1. The van der Waals surface area contributed by atoms with Crippen molar-refractivity contribution in [2.24, 2.45) is 0 Å². The number of rotatable bonds is 7. The van der Waals surface area contributed by atoms with Gasteiger partial charge in [0.05, 0.1) is 28.3 Å². The highest BCUT2D eigenvalue weighted by Gasteiger charge is 2.29. The summed E-state index contributed by atoms with van der Waals surface area (Å²) in [7, 11) is 0. The van der Waals surface area contributed by atoms with Gasteiger partial charge < -0.3 is 10.2 Å². The molecule has 6 heteroatoms. The van der Waals surface area contributed by atoms with Crippen LogP contribution in [-0.2, 0) is 0 Å². The van der Waals surface area contributed by atoms with Crippen LogP contribution in [0.15, 0.2) is 89.7 Å². The molecule has 1 N–H and O–H groups in total. The van der Waals surface area contributed by atoms with Crippen molar-refractivity contribution in [3.8, 4) is 5.69 Å². The zero-order valence-corrected chi connectivity index (χ0v) is 22.9. The Morgan fingerprint density at radius 2 is 1.64 bits per heavy atom. The molecule has 0 radical (unpaired) electrons. The van der Waals surface area contributed by atoms with E-state index in [4.69, 9.17) is 4.98 Å². The number of fused-ring (bicyclic) bond motifs is 2. The van der Waals surface area contributed by atoms with E-state index < -0.39 is 6.04 Å². The van der Waals surface area contributed by atoms with Crippen molar-refractivity contribution in [1.29, 1.82) is 0 Å². The van der Waals surface area contributed by atoms with Crippen LogP contribution in [0.25, 0.3) is 27.4 Å². The molecule has 0 spiro atoms. The minimum Gasteiger partial charge on any atom is -0.314 e. The number of aromatic nitrogens is 2. The molecule has 4 aromatic carbocycles. The van der Waals surface area contributed by atoms with Gasteiger partial charge >= 0.3 is 6.03 Å². The van der Waals surface area contributed by atoms with Crippen molar-refractivity contribution in [3.63, 3.8) is 0 Å². The first-order chi connectivity index (χ1) is 18.9. The van der Waals surface area contributed by atoms with Gasteiger partial charge in [-0.05, 0) is 61.9 Å². The van der Waals surface area contributed by atoms with Crippen LogP contribution in [0.5, 0.6) is 0 Å². The molecule has 0 saturated carbocycles. The van der Waals surface area contributed by atoms with Gasteiger partial charge in [-0.2, -0.15) is 0 Å². The molecule has 198 valence electrons. The minimum atomic E-state index is -0.419. The minimum absolute atomic E-state index is 0.132. The summed E-state index contributed by atoms with van der Waals surface area (Å²) in [5.74, 6) is 0.565. The van der Waals surface area contributed by atoms with E-state index in [1.165, 1.54) is 0 Å². The third-order valence-corrected chi connectivity index (χ3v) is 7.21. The van der Waals surface area contributed by atoms with Crippen LogP contribution in [0.3, 0.4) is 0 Å². The molecule has 1 aromatic heterocycles. The lowest BCUT2D eigenvalue weighted by Gasteiger charge is -2.32. The molecule has 0 aliphatic rings. The molecule has 0 fully saturated rings. The van der Waals surface area contributed by atoms with Crippen LogP contribution in [0, 0.1) is 13.8 Å². The van der Waals surface area contributed by atoms with E-state index in [1.54, 1.807) is 4.57 Å². The van der Waals surface area contributed by atoms with Crippen LogP contribution in [0.4, 0.5) is 10.5 Å². The fraction of sp³-hybridized carbons (Fsp3) is 0.242. The molecular weight excluding hydrogens is 484 g/mol. The Morgan fingerprint density at radius 3 is 2.38 bits per heavy atom. The number of urea groups is 1. The van der Waals surface area contributed by atoms with Crippen LogP contribution in [-0.4, -0.2) is 27.0 Å². The maximum absolute atomic E-state index is 14.0. The lowest BCUT2D eigenvalue weighted by atomic mass is 10.1. The van der Waals surface area contributed by atoms with Crippen LogP contribution in [0.2, 0.25) is 0 Å².